The molecule has 25 heavy (non-hydrogen) atoms. The van der Waals surface area contributed by atoms with E-state index in [2.05, 4.69) is 63.3 Å². The predicted molar refractivity (Wildman–Crippen MR) is 102 cm³/mol. The zero-order chi connectivity index (χ0) is 17.1. The summed E-state index contributed by atoms with van der Waals surface area (Å²) in [4.78, 5) is 13.7. The number of rotatable bonds is 4. The molecule has 4 nitrogen and oxygen atoms in total. The lowest BCUT2D eigenvalue weighted by atomic mass is 10.00. The van der Waals surface area contributed by atoms with Crippen LogP contribution < -0.4 is 9.80 Å². The van der Waals surface area contributed by atoms with Crippen molar-refractivity contribution in [3.05, 3.63) is 83.6 Å². The first-order valence-electron chi connectivity index (χ1n) is 8.69. The molecule has 4 rings (SSSR count). The van der Waals surface area contributed by atoms with Gasteiger partial charge in [0, 0.05) is 32.9 Å². The van der Waals surface area contributed by atoms with Crippen molar-refractivity contribution in [1.82, 2.24) is 9.97 Å². The first kappa shape index (κ1) is 15.6. The van der Waals surface area contributed by atoms with Crippen LogP contribution in [0.4, 0.5) is 11.8 Å². The standard InChI is InChI=1S/C21H22N4/c1-24(15-17-7-3-2-4-8-17)21-22-13-11-20(23-21)25-14-12-18-9-5-6-10-19(18)16-25/h2-11,13H,12,14-16H2,1H3. The minimum absolute atomic E-state index is 0.764. The van der Waals surface area contributed by atoms with E-state index >= 15 is 0 Å². The molecule has 1 aromatic heterocycles. The molecule has 0 radical (unpaired) electrons. The Bertz CT molecular complexity index is 847. The lowest BCUT2D eigenvalue weighted by molar-refractivity contribution is 0.716. The van der Waals surface area contributed by atoms with Gasteiger partial charge in [-0.05, 0) is 29.2 Å². The van der Waals surface area contributed by atoms with Crippen molar-refractivity contribution in [2.24, 2.45) is 0 Å². The summed E-state index contributed by atoms with van der Waals surface area (Å²) in [6.07, 6.45) is 2.93. The second kappa shape index (κ2) is 6.93. The van der Waals surface area contributed by atoms with Crippen molar-refractivity contribution in [3.63, 3.8) is 0 Å². The molecule has 0 unspecified atom stereocenters. The van der Waals surface area contributed by atoms with Crippen molar-refractivity contribution in [2.75, 3.05) is 23.4 Å². The van der Waals surface area contributed by atoms with Gasteiger partial charge < -0.3 is 9.80 Å². The summed E-state index contributed by atoms with van der Waals surface area (Å²) in [6.45, 7) is 2.71. The summed E-state index contributed by atoms with van der Waals surface area (Å²) in [5.74, 6) is 1.76. The lowest BCUT2D eigenvalue weighted by Crippen LogP contribution is -2.31. The van der Waals surface area contributed by atoms with Gasteiger partial charge in [-0.15, -0.1) is 0 Å². The fraction of sp³-hybridized carbons (Fsp3) is 0.238. The topological polar surface area (TPSA) is 32.3 Å². The zero-order valence-electron chi connectivity index (χ0n) is 14.5. The number of benzene rings is 2. The van der Waals surface area contributed by atoms with E-state index in [1.165, 1.54) is 16.7 Å². The number of nitrogens with zero attached hydrogens (tertiary/aromatic N) is 4. The highest BCUT2D eigenvalue weighted by atomic mass is 15.3. The van der Waals surface area contributed by atoms with E-state index in [0.717, 1.165) is 37.8 Å². The molecule has 0 N–H and O–H groups in total. The van der Waals surface area contributed by atoms with Crippen LogP contribution in [0.1, 0.15) is 16.7 Å². The Morgan fingerprint density at radius 2 is 1.72 bits per heavy atom. The molecule has 126 valence electrons. The third kappa shape index (κ3) is 3.48. The van der Waals surface area contributed by atoms with Crippen LogP contribution in [0.25, 0.3) is 0 Å². The number of aromatic nitrogens is 2. The van der Waals surface area contributed by atoms with Gasteiger partial charge in [0.25, 0.3) is 0 Å². The van der Waals surface area contributed by atoms with Gasteiger partial charge in [-0.1, -0.05) is 54.6 Å². The predicted octanol–water partition coefficient (Wildman–Crippen LogP) is 3.68. The number of hydrogen-bond donors (Lipinski definition) is 0. The summed E-state index contributed by atoms with van der Waals surface area (Å²) in [5, 5.41) is 0. The van der Waals surface area contributed by atoms with Gasteiger partial charge in [0.2, 0.25) is 5.95 Å². The van der Waals surface area contributed by atoms with Crippen LogP contribution in [-0.2, 0) is 19.5 Å². The Morgan fingerprint density at radius 1 is 0.960 bits per heavy atom. The van der Waals surface area contributed by atoms with Gasteiger partial charge in [-0.2, -0.15) is 4.98 Å². The maximum Gasteiger partial charge on any atom is 0.227 e. The van der Waals surface area contributed by atoms with E-state index in [9.17, 15) is 0 Å². The molecule has 0 amide bonds. The van der Waals surface area contributed by atoms with E-state index in [0.29, 0.717) is 0 Å². The number of anilines is 2. The molecule has 2 aromatic carbocycles. The van der Waals surface area contributed by atoms with E-state index in [-0.39, 0.29) is 0 Å². The molecule has 4 heteroatoms. The second-order valence-electron chi connectivity index (χ2n) is 6.50. The van der Waals surface area contributed by atoms with E-state index < -0.39 is 0 Å². The van der Waals surface area contributed by atoms with Gasteiger partial charge in [0.05, 0.1) is 0 Å². The van der Waals surface area contributed by atoms with Crippen LogP contribution >= 0.6 is 0 Å². The van der Waals surface area contributed by atoms with Crippen molar-refractivity contribution in [3.8, 4) is 0 Å². The highest BCUT2D eigenvalue weighted by molar-refractivity contribution is 5.47. The number of fused-ring (bicyclic) bond motifs is 1. The second-order valence-corrected chi connectivity index (χ2v) is 6.50. The maximum atomic E-state index is 4.81. The van der Waals surface area contributed by atoms with Crippen molar-refractivity contribution < 1.29 is 0 Å². The largest absolute Gasteiger partial charge is 0.352 e. The first-order chi connectivity index (χ1) is 12.3. The van der Waals surface area contributed by atoms with Crippen LogP contribution in [0.2, 0.25) is 0 Å². The SMILES string of the molecule is CN(Cc1ccccc1)c1nccc(N2CCc3ccccc3C2)n1. The molecule has 0 spiro atoms. The van der Waals surface area contributed by atoms with E-state index in [1.54, 1.807) is 0 Å². The molecule has 3 aromatic rings. The Kier molecular flexibility index (Phi) is 4.34. The molecule has 0 saturated heterocycles. The molecule has 0 atom stereocenters. The Balaban J connectivity index is 1.52. The Hall–Kier alpha value is -2.88. The minimum atomic E-state index is 0.764. The van der Waals surface area contributed by atoms with Crippen LogP contribution in [0.15, 0.2) is 66.9 Å². The molecule has 0 aliphatic carbocycles. The fourth-order valence-electron chi connectivity index (χ4n) is 3.32. The van der Waals surface area contributed by atoms with Crippen LogP contribution in [-0.4, -0.2) is 23.6 Å². The van der Waals surface area contributed by atoms with Crippen molar-refractivity contribution >= 4 is 11.8 Å². The van der Waals surface area contributed by atoms with Gasteiger partial charge in [0.1, 0.15) is 5.82 Å². The Morgan fingerprint density at radius 3 is 2.56 bits per heavy atom. The van der Waals surface area contributed by atoms with Crippen LogP contribution in [0, 0.1) is 0 Å². The smallest absolute Gasteiger partial charge is 0.227 e. The normalized spacial score (nSPS) is 13.4. The van der Waals surface area contributed by atoms with Crippen molar-refractivity contribution in [2.45, 2.75) is 19.5 Å². The van der Waals surface area contributed by atoms with Gasteiger partial charge in [-0.25, -0.2) is 4.98 Å². The summed E-state index contributed by atoms with van der Waals surface area (Å²) in [5.41, 5.74) is 4.10. The molecular formula is C21H22N4. The fourth-order valence-corrected chi connectivity index (χ4v) is 3.32. The average Bonchev–Trinajstić information content (AvgIpc) is 2.68. The molecular weight excluding hydrogens is 308 g/mol. The Labute approximate surface area is 148 Å². The van der Waals surface area contributed by atoms with Gasteiger partial charge in [0.15, 0.2) is 0 Å². The highest BCUT2D eigenvalue weighted by Crippen LogP contribution is 2.24. The number of hydrogen-bond acceptors (Lipinski definition) is 4. The molecule has 0 fully saturated rings. The third-order valence-electron chi connectivity index (χ3n) is 4.69. The molecule has 1 aliphatic heterocycles. The van der Waals surface area contributed by atoms with Gasteiger partial charge >= 0.3 is 0 Å². The molecule has 0 saturated carbocycles. The lowest BCUT2D eigenvalue weighted by Gasteiger charge is -2.30. The zero-order valence-corrected chi connectivity index (χ0v) is 14.5. The van der Waals surface area contributed by atoms with E-state index in [1.807, 2.05) is 25.4 Å². The molecule has 1 aliphatic rings. The summed E-state index contributed by atoms with van der Waals surface area (Å²) < 4.78 is 0. The third-order valence-corrected chi connectivity index (χ3v) is 4.69. The summed E-state index contributed by atoms with van der Waals surface area (Å²) in [7, 11) is 2.04. The van der Waals surface area contributed by atoms with Gasteiger partial charge in [-0.3, -0.25) is 0 Å². The summed E-state index contributed by atoms with van der Waals surface area (Å²) in [6, 6.07) is 21.1. The molecule has 0 bridgehead atoms. The van der Waals surface area contributed by atoms with Crippen molar-refractivity contribution in [1.29, 1.82) is 0 Å². The van der Waals surface area contributed by atoms with Crippen LogP contribution in [0.3, 0.4) is 0 Å². The summed E-state index contributed by atoms with van der Waals surface area (Å²) >= 11 is 0. The van der Waals surface area contributed by atoms with E-state index in [4.69, 9.17) is 4.98 Å². The monoisotopic (exact) mass is 330 g/mol. The van der Waals surface area contributed by atoms with Crippen LogP contribution in [0.5, 0.6) is 0 Å². The molecule has 2 heterocycles. The quantitative estimate of drug-likeness (QED) is 0.730. The maximum absolute atomic E-state index is 4.81. The first-order valence-corrected chi connectivity index (χ1v) is 8.69. The average molecular weight is 330 g/mol. The minimum Gasteiger partial charge on any atom is -0.352 e. The highest BCUT2D eigenvalue weighted by Gasteiger charge is 2.18.